The fourth-order valence-electron chi connectivity index (χ4n) is 0.161. The Kier molecular flexibility index (Phi) is 3.85. The lowest BCUT2D eigenvalue weighted by Gasteiger charge is -1.98. The quantitative estimate of drug-likeness (QED) is 0.343. The van der Waals surface area contributed by atoms with E-state index in [4.69, 9.17) is 4.55 Å². The zero-order chi connectivity index (χ0) is 8.15. The topological polar surface area (TPSA) is 75.6 Å². The lowest BCUT2D eigenvalue weighted by Crippen LogP contribution is -2.24. The SMILES string of the molecule is C=C(C)C(=O)NOS(=O)O. The van der Waals surface area contributed by atoms with Crippen LogP contribution in [-0.4, -0.2) is 14.7 Å². The van der Waals surface area contributed by atoms with Gasteiger partial charge in [-0.05, 0) is 6.92 Å². The molecule has 1 unspecified atom stereocenters. The highest BCUT2D eigenvalue weighted by molar-refractivity contribution is 7.74. The Morgan fingerprint density at radius 3 is 2.60 bits per heavy atom. The number of hydrogen-bond donors (Lipinski definition) is 2. The lowest BCUT2D eigenvalue weighted by atomic mass is 10.3. The van der Waals surface area contributed by atoms with E-state index in [1.165, 1.54) is 6.92 Å². The van der Waals surface area contributed by atoms with Gasteiger partial charge in [0.15, 0.2) is 0 Å². The van der Waals surface area contributed by atoms with E-state index in [1.54, 1.807) is 5.48 Å². The normalized spacial score (nSPS) is 12.2. The second-order valence-corrected chi connectivity index (χ2v) is 2.11. The van der Waals surface area contributed by atoms with Gasteiger partial charge < -0.3 is 0 Å². The van der Waals surface area contributed by atoms with Crippen LogP contribution in [0.25, 0.3) is 0 Å². The zero-order valence-electron chi connectivity index (χ0n) is 5.29. The molecule has 1 atom stereocenters. The summed E-state index contributed by atoms with van der Waals surface area (Å²) in [7, 11) is 0. The summed E-state index contributed by atoms with van der Waals surface area (Å²) in [5.41, 5.74) is 1.89. The first kappa shape index (κ1) is 9.28. The largest absolute Gasteiger partial charge is 0.324 e. The number of hydroxylamine groups is 1. The van der Waals surface area contributed by atoms with Crippen molar-refractivity contribution in [1.82, 2.24) is 5.48 Å². The van der Waals surface area contributed by atoms with Gasteiger partial charge in [0.05, 0.1) is 0 Å². The van der Waals surface area contributed by atoms with Crippen molar-refractivity contribution >= 4 is 17.3 Å². The summed E-state index contributed by atoms with van der Waals surface area (Å²) in [6.45, 7) is 4.70. The number of carbonyl (C=O) groups is 1. The molecule has 6 heteroatoms. The summed E-state index contributed by atoms with van der Waals surface area (Å²) < 4.78 is 21.6. The van der Waals surface area contributed by atoms with Gasteiger partial charge in [0.2, 0.25) is 0 Å². The molecule has 10 heavy (non-hydrogen) atoms. The van der Waals surface area contributed by atoms with E-state index in [9.17, 15) is 9.00 Å². The highest BCUT2D eigenvalue weighted by atomic mass is 32.2. The van der Waals surface area contributed by atoms with Gasteiger partial charge in [0, 0.05) is 5.57 Å². The molecule has 0 aromatic carbocycles. The molecule has 0 aliphatic rings. The Morgan fingerprint density at radius 2 is 2.30 bits per heavy atom. The van der Waals surface area contributed by atoms with Crippen molar-refractivity contribution in [3.8, 4) is 0 Å². The van der Waals surface area contributed by atoms with E-state index >= 15 is 0 Å². The summed E-state index contributed by atoms with van der Waals surface area (Å²) in [5.74, 6) is -0.623. The molecule has 0 aliphatic heterocycles. The summed E-state index contributed by atoms with van der Waals surface area (Å²) in [4.78, 5) is 10.5. The molecule has 0 saturated carbocycles. The van der Waals surface area contributed by atoms with E-state index in [2.05, 4.69) is 10.9 Å². The fourth-order valence-corrected chi connectivity index (χ4v) is 0.308. The number of nitrogens with one attached hydrogen (secondary N) is 1. The molecule has 0 aromatic heterocycles. The molecule has 0 spiro atoms. The highest BCUT2D eigenvalue weighted by Crippen LogP contribution is 1.85. The van der Waals surface area contributed by atoms with Crippen LogP contribution in [0.5, 0.6) is 0 Å². The number of hydrogen-bond acceptors (Lipinski definition) is 3. The van der Waals surface area contributed by atoms with Crippen molar-refractivity contribution < 1.29 is 17.8 Å². The third kappa shape index (κ3) is 4.19. The Hall–Kier alpha value is -0.720. The maximum Gasteiger partial charge on any atom is 0.324 e. The Bertz CT molecular complexity index is 178. The maximum absolute atomic E-state index is 10.5. The van der Waals surface area contributed by atoms with Gasteiger partial charge in [0.1, 0.15) is 0 Å². The molecule has 0 bridgehead atoms. The highest BCUT2D eigenvalue weighted by Gasteiger charge is 2.01. The first-order valence-corrected chi connectivity index (χ1v) is 3.31. The average molecular weight is 165 g/mol. The fraction of sp³-hybridized carbons (Fsp3) is 0.250. The van der Waals surface area contributed by atoms with Crippen LogP contribution in [-0.2, 0) is 20.4 Å². The monoisotopic (exact) mass is 165 g/mol. The van der Waals surface area contributed by atoms with Crippen molar-refractivity contribution in [2.45, 2.75) is 6.92 Å². The van der Waals surface area contributed by atoms with Crippen LogP contribution in [0.2, 0.25) is 0 Å². The first-order chi connectivity index (χ1) is 4.54. The van der Waals surface area contributed by atoms with Crippen LogP contribution < -0.4 is 5.48 Å². The van der Waals surface area contributed by atoms with Gasteiger partial charge in [0.25, 0.3) is 5.91 Å². The van der Waals surface area contributed by atoms with Crippen molar-refractivity contribution in [2.24, 2.45) is 0 Å². The second-order valence-electron chi connectivity index (χ2n) is 1.51. The third-order valence-corrected chi connectivity index (χ3v) is 0.819. The minimum atomic E-state index is -2.48. The zero-order valence-corrected chi connectivity index (χ0v) is 6.10. The lowest BCUT2D eigenvalue weighted by molar-refractivity contribution is -0.123. The van der Waals surface area contributed by atoms with Gasteiger partial charge >= 0.3 is 11.4 Å². The summed E-state index contributed by atoms with van der Waals surface area (Å²) >= 11 is -2.48. The van der Waals surface area contributed by atoms with E-state index in [0.29, 0.717) is 0 Å². The second kappa shape index (κ2) is 4.15. The molecule has 0 saturated heterocycles. The average Bonchev–Trinajstić information content (AvgIpc) is 1.82. The molecule has 0 aliphatic carbocycles. The predicted octanol–water partition coefficient (Wildman–Crippen LogP) is -0.253. The van der Waals surface area contributed by atoms with Crippen LogP contribution in [0, 0.1) is 0 Å². The molecule has 0 fully saturated rings. The molecule has 0 rings (SSSR count). The predicted molar refractivity (Wildman–Crippen MR) is 34.8 cm³/mol. The van der Waals surface area contributed by atoms with Gasteiger partial charge in [-0.2, -0.15) is 4.21 Å². The molecule has 2 N–H and O–H groups in total. The molecule has 0 aromatic rings. The van der Waals surface area contributed by atoms with E-state index in [1.807, 2.05) is 0 Å². The molecule has 0 heterocycles. The standard InChI is InChI=1S/C4H7NO4S/c1-3(2)4(6)5-9-10(7)8/h1H2,2H3,(H,5,6)(H,7,8). The summed E-state index contributed by atoms with van der Waals surface area (Å²) in [6, 6.07) is 0. The molecule has 0 radical (unpaired) electrons. The Morgan fingerprint density at radius 1 is 1.80 bits per heavy atom. The number of amides is 1. The van der Waals surface area contributed by atoms with Crippen LogP contribution in [0.1, 0.15) is 6.92 Å². The van der Waals surface area contributed by atoms with Crippen LogP contribution >= 0.6 is 0 Å². The van der Waals surface area contributed by atoms with Gasteiger partial charge in [-0.1, -0.05) is 6.58 Å². The Balaban J connectivity index is 3.60. The van der Waals surface area contributed by atoms with E-state index in [0.717, 1.165) is 0 Å². The number of carbonyl (C=O) groups excluding carboxylic acids is 1. The van der Waals surface area contributed by atoms with Gasteiger partial charge in [-0.15, -0.1) is 4.28 Å². The van der Waals surface area contributed by atoms with Gasteiger partial charge in [-0.3, -0.25) is 9.35 Å². The van der Waals surface area contributed by atoms with Crippen molar-refractivity contribution in [2.75, 3.05) is 0 Å². The van der Waals surface area contributed by atoms with Crippen molar-refractivity contribution in [3.05, 3.63) is 12.2 Å². The van der Waals surface area contributed by atoms with E-state index < -0.39 is 17.3 Å². The smallest absolute Gasteiger partial charge is 0.282 e. The number of rotatable bonds is 3. The molecule has 58 valence electrons. The van der Waals surface area contributed by atoms with Crippen LogP contribution in [0.15, 0.2) is 12.2 Å². The third-order valence-electron chi connectivity index (χ3n) is 0.593. The summed E-state index contributed by atoms with van der Waals surface area (Å²) in [5, 5.41) is 0. The van der Waals surface area contributed by atoms with E-state index in [-0.39, 0.29) is 5.57 Å². The minimum Gasteiger partial charge on any atom is -0.282 e. The first-order valence-electron chi connectivity index (χ1n) is 2.28. The maximum atomic E-state index is 10.5. The van der Waals surface area contributed by atoms with Gasteiger partial charge in [-0.25, -0.2) is 5.48 Å². The molecular weight excluding hydrogens is 158 g/mol. The molecule has 5 nitrogen and oxygen atoms in total. The van der Waals surface area contributed by atoms with Crippen LogP contribution in [0.4, 0.5) is 0 Å². The molecular formula is C4H7NO4S. The minimum absolute atomic E-state index is 0.199. The van der Waals surface area contributed by atoms with Crippen molar-refractivity contribution in [3.63, 3.8) is 0 Å². The Labute approximate surface area is 60.5 Å². The molecule has 1 amide bonds. The van der Waals surface area contributed by atoms with Crippen molar-refractivity contribution in [1.29, 1.82) is 0 Å². The van der Waals surface area contributed by atoms with Crippen LogP contribution in [0.3, 0.4) is 0 Å². The summed E-state index contributed by atoms with van der Waals surface area (Å²) in [6.07, 6.45) is 0.